The minimum atomic E-state index is -0.151. The number of aliphatic imine (C=N–C) groups is 1. The van der Waals surface area contributed by atoms with E-state index in [9.17, 15) is 4.39 Å². The van der Waals surface area contributed by atoms with Gasteiger partial charge in [-0.2, -0.15) is 0 Å². The fourth-order valence-electron chi connectivity index (χ4n) is 3.74. The van der Waals surface area contributed by atoms with E-state index in [1.165, 1.54) is 32.2 Å². The van der Waals surface area contributed by atoms with Gasteiger partial charge < -0.3 is 15.5 Å². The molecule has 0 aromatic heterocycles. The summed E-state index contributed by atoms with van der Waals surface area (Å²) in [6.45, 7) is 6.64. The van der Waals surface area contributed by atoms with Crippen LogP contribution in [0.25, 0.3) is 0 Å². The highest BCUT2D eigenvalue weighted by Gasteiger charge is 2.19. The largest absolute Gasteiger partial charge is 0.355 e. The molecule has 1 saturated heterocycles. The number of halogens is 2. The van der Waals surface area contributed by atoms with Crippen molar-refractivity contribution in [2.24, 2.45) is 4.99 Å². The lowest BCUT2D eigenvalue weighted by atomic mass is 10.0. The van der Waals surface area contributed by atoms with Crippen molar-refractivity contribution in [1.82, 2.24) is 20.4 Å². The zero-order valence-electron chi connectivity index (χ0n) is 17.8. The third-order valence-electron chi connectivity index (χ3n) is 5.19. The summed E-state index contributed by atoms with van der Waals surface area (Å²) in [6.07, 6.45) is 5.22. The van der Waals surface area contributed by atoms with Crippen LogP contribution in [0.2, 0.25) is 0 Å². The molecule has 1 fully saturated rings. The Morgan fingerprint density at radius 2 is 2.07 bits per heavy atom. The van der Waals surface area contributed by atoms with Gasteiger partial charge in [-0.25, -0.2) is 4.39 Å². The third kappa shape index (κ3) is 8.21. The molecule has 2 N–H and O–H groups in total. The molecule has 1 heterocycles. The molecule has 2 rings (SSSR count). The van der Waals surface area contributed by atoms with Gasteiger partial charge in [0.25, 0.3) is 0 Å². The summed E-state index contributed by atoms with van der Waals surface area (Å²) in [7, 11) is 5.68. The first-order chi connectivity index (χ1) is 13.0. The standard InChI is InChI=1S/C21H36FN5.HI/c1-5-19-8-6-7-12-27(19)13-11-24-21(23-2)25-15-17-9-10-20(22)18(14-17)16-26(3)4;/h9-10,14,19H,5-8,11-13,15-16H2,1-4H3,(H2,23,24,25);1H. The van der Waals surface area contributed by atoms with E-state index in [-0.39, 0.29) is 29.8 Å². The number of piperidine rings is 1. The van der Waals surface area contributed by atoms with Crippen molar-refractivity contribution < 1.29 is 4.39 Å². The molecule has 1 aliphatic rings. The lowest BCUT2D eigenvalue weighted by molar-refractivity contribution is 0.147. The molecule has 0 bridgehead atoms. The number of hydrogen-bond donors (Lipinski definition) is 2. The summed E-state index contributed by atoms with van der Waals surface area (Å²) in [4.78, 5) is 8.87. The van der Waals surface area contributed by atoms with Gasteiger partial charge in [-0.3, -0.25) is 9.89 Å². The highest BCUT2D eigenvalue weighted by Crippen LogP contribution is 2.18. The van der Waals surface area contributed by atoms with Gasteiger partial charge in [0.2, 0.25) is 0 Å². The van der Waals surface area contributed by atoms with Gasteiger partial charge in [0.1, 0.15) is 5.82 Å². The molecule has 0 amide bonds. The summed E-state index contributed by atoms with van der Waals surface area (Å²) in [6, 6.07) is 6.03. The molecule has 0 saturated carbocycles. The van der Waals surface area contributed by atoms with Crippen LogP contribution in [0, 0.1) is 5.82 Å². The predicted octanol–water partition coefficient (Wildman–Crippen LogP) is 3.43. The molecule has 5 nitrogen and oxygen atoms in total. The average molecular weight is 505 g/mol. The van der Waals surface area contributed by atoms with Crippen molar-refractivity contribution in [3.8, 4) is 0 Å². The molecule has 1 unspecified atom stereocenters. The molecule has 28 heavy (non-hydrogen) atoms. The van der Waals surface area contributed by atoms with Crippen molar-refractivity contribution in [3.63, 3.8) is 0 Å². The van der Waals surface area contributed by atoms with Crippen molar-refractivity contribution in [2.75, 3.05) is 40.8 Å². The normalized spacial score (nSPS) is 18.1. The van der Waals surface area contributed by atoms with E-state index in [1.807, 2.05) is 31.1 Å². The molecular formula is C21H37FIN5. The van der Waals surface area contributed by atoms with Gasteiger partial charge >= 0.3 is 0 Å². The third-order valence-corrected chi connectivity index (χ3v) is 5.19. The Hall–Kier alpha value is -0.930. The van der Waals surface area contributed by atoms with E-state index in [4.69, 9.17) is 0 Å². The Bertz CT molecular complexity index is 608. The number of rotatable bonds is 8. The second-order valence-electron chi connectivity index (χ2n) is 7.61. The van der Waals surface area contributed by atoms with E-state index in [1.54, 1.807) is 13.1 Å². The SMILES string of the molecule is CCC1CCCCN1CCNC(=NC)NCc1ccc(F)c(CN(C)C)c1.I. The predicted molar refractivity (Wildman–Crippen MR) is 127 cm³/mol. The first-order valence-electron chi connectivity index (χ1n) is 10.1. The van der Waals surface area contributed by atoms with Gasteiger partial charge in [-0.1, -0.05) is 19.4 Å². The van der Waals surface area contributed by atoms with Crippen LogP contribution in [0.4, 0.5) is 4.39 Å². The van der Waals surface area contributed by atoms with Gasteiger partial charge in [-0.15, -0.1) is 24.0 Å². The summed E-state index contributed by atoms with van der Waals surface area (Å²) in [5.74, 6) is 0.639. The number of benzene rings is 1. The Kier molecular flexibility index (Phi) is 11.9. The zero-order chi connectivity index (χ0) is 19.6. The Morgan fingerprint density at radius 1 is 1.29 bits per heavy atom. The maximum Gasteiger partial charge on any atom is 0.191 e. The molecule has 0 radical (unpaired) electrons. The topological polar surface area (TPSA) is 42.9 Å². The van der Waals surface area contributed by atoms with Gasteiger partial charge in [0.15, 0.2) is 5.96 Å². The van der Waals surface area contributed by atoms with E-state index in [0.717, 1.165) is 36.2 Å². The van der Waals surface area contributed by atoms with Gasteiger partial charge in [0.05, 0.1) is 0 Å². The molecule has 160 valence electrons. The first kappa shape index (κ1) is 25.1. The first-order valence-corrected chi connectivity index (χ1v) is 10.1. The van der Waals surface area contributed by atoms with Crippen LogP contribution in [-0.2, 0) is 13.1 Å². The van der Waals surface area contributed by atoms with E-state index < -0.39 is 0 Å². The fraction of sp³-hybridized carbons (Fsp3) is 0.667. The van der Waals surface area contributed by atoms with Crippen LogP contribution in [0.1, 0.15) is 43.7 Å². The maximum absolute atomic E-state index is 13.9. The fourth-order valence-corrected chi connectivity index (χ4v) is 3.74. The lowest BCUT2D eigenvalue weighted by Crippen LogP contribution is -2.45. The Labute approximate surface area is 187 Å². The summed E-state index contributed by atoms with van der Waals surface area (Å²) < 4.78 is 13.9. The van der Waals surface area contributed by atoms with Crippen LogP contribution >= 0.6 is 24.0 Å². The second kappa shape index (κ2) is 13.3. The van der Waals surface area contributed by atoms with E-state index >= 15 is 0 Å². The average Bonchev–Trinajstić information content (AvgIpc) is 2.66. The highest BCUT2D eigenvalue weighted by atomic mass is 127. The van der Waals surface area contributed by atoms with Crippen LogP contribution in [0.15, 0.2) is 23.2 Å². The quantitative estimate of drug-likeness (QED) is 0.323. The molecule has 0 aliphatic carbocycles. The number of likely N-dealkylation sites (tertiary alicyclic amines) is 1. The number of nitrogens with one attached hydrogen (secondary N) is 2. The maximum atomic E-state index is 13.9. The Morgan fingerprint density at radius 3 is 2.75 bits per heavy atom. The molecule has 7 heteroatoms. The number of hydrogen-bond acceptors (Lipinski definition) is 3. The van der Waals surface area contributed by atoms with Crippen molar-refractivity contribution in [2.45, 2.75) is 51.7 Å². The molecule has 1 aliphatic heterocycles. The van der Waals surface area contributed by atoms with Crippen LogP contribution in [0.5, 0.6) is 0 Å². The van der Waals surface area contributed by atoms with Crippen molar-refractivity contribution in [3.05, 3.63) is 35.1 Å². The van der Waals surface area contributed by atoms with Crippen molar-refractivity contribution in [1.29, 1.82) is 0 Å². The van der Waals surface area contributed by atoms with Gasteiger partial charge in [-0.05, 0) is 57.6 Å². The zero-order valence-corrected chi connectivity index (χ0v) is 20.1. The molecule has 1 aromatic carbocycles. The van der Waals surface area contributed by atoms with Crippen molar-refractivity contribution >= 4 is 29.9 Å². The number of guanidine groups is 1. The minimum absolute atomic E-state index is 0. The smallest absolute Gasteiger partial charge is 0.191 e. The summed E-state index contributed by atoms with van der Waals surface area (Å²) in [5, 5.41) is 6.74. The van der Waals surface area contributed by atoms with E-state index in [2.05, 4.69) is 27.4 Å². The minimum Gasteiger partial charge on any atom is -0.355 e. The highest BCUT2D eigenvalue weighted by molar-refractivity contribution is 14.0. The lowest BCUT2D eigenvalue weighted by Gasteiger charge is -2.35. The Balaban J connectivity index is 0.00000392. The number of nitrogens with zero attached hydrogens (tertiary/aromatic N) is 3. The molecule has 1 atom stereocenters. The molecule has 1 aromatic rings. The summed E-state index contributed by atoms with van der Waals surface area (Å²) >= 11 is 0. The molecule has 0 spiro atoms. The second-order valence-corrected chi connectivity index (χ2v) is 7.61. The van der Waals surface area contributed by atoms with E-state index in [0.29, 0.717) is 13.1 Å². The molecular weight excluding hydrogens is 468 g/mol. The van der Waals surface area contributed by atoms with Crippen LogP contribution in [-0.4, -0.2) is 62.6 Å². The summed E-state index contributed by atoms with van der Waals surface area (Å²) in [5.41, 5.74) is 1.77. The monoisotopic (exact) mass is 505 g/mol. The van der Waals surface area contributed by atoms with Crippen LogP contribution < -0.4 is 10.6 Å². The van der Waals surface area contributed by atoms with Crippen LogP contribution in [0.3, 0.4) is 0 Å². The van der Waals surface area contributed by atoms with Gasteiger partial charge in [0, 0.05) is 44.8 Å².